The van der Waals surface area contributed by atoms with Gasteiger partial charge in [-0.15, -0.1) is 0 Å². The van der Waals surface area contributed by atoms with Crippen molar-refractivity contribution in [1.29, 1.82) is 0 Å². The molecule has 4 nitrogen and oxygen atoms in total. The Kier molecular flexibility index (Phi) is 6.62. The van der Waals surface area contributed by atoms with Crippen LogP contribution in [0.4, 0.5) is 0 Å². The Morgan fingerprint density at radius 2 is 1.12 bits per heavy atom. The van der Waals surface area contributed by atoms with Gasteiger partial charge in [-0.3, -0.25) is 0 Å². The number of ether oxygens (including phenoxy) is 4. The monoisotopic (exact) mass is 584 g/mol. The second-order valence-electron chi connectivity index (χ2n) is 4.86. The standard InChI is InChI=1S/C16H12Br4O4/c17-9-1-3-13(11(19)7-9)23-15-16(22-6-5-21-15)24-14-4-2-10(18)8-12(14)20/h1-4,7-8,15-16H,5-6H2/t15-,16+. The highest BCUT2D eigenvalue weighted by Gasteiger charge is 2.32. The summed E-state index contributed by atoms with van der Waals surface area (Å²) in [7, 11) is 0. The number of halogens is 4. The molecule has 0 aliphatic carbocycles. The molecule has 2 aromatic carbocycles. The number of hydrogen-bond donors (Lipinski definition) is 0. The summed E-state index contributed by atoms with van der Waals surface area (Å²) < 4.78 is 26.8. The number of hydrogen-bond acceptors (Lipinski definition) is 4. The van der Waals surface area contributed by atoms with Gasteiger partial charge < -0.3 is 18.9 Å². The van der Waals surface area contributed by atoms with Gasteiger partial charge in [0, 0.05) is 8.95 Å². The topological polar surface area (TPSA) is 36.9 Å². The summed E-state index contributed by atoms with van der Waals surface area (Å²) in [4.78, 5) is 0. The smallest absolute Gasteiger partial charge is 0.263 e. The molecule has 0 unspecified atom stereocenters. The third kappa shape index (κ3) is 4.74. The summed E-state index contributed by atoms with van der Waals surface area (Å²) in [5, 5.41) is 0. The summed E-state index contributed by atoms with van der Waals surface area (Å²) in [5.74, 6) is 1.30. The summed E-state index contributed by atoms with van der Waals surface area (Å²) >= 11 is 13.8. The third-order valence-electron chi connectivity index (χ3n) is 3.14. The molecule has 1 saturated heterocycles. The Morgan fingerprint density at radius 1 is 0.708 bits per heavy atom. The van der Waals surface area contributed by atoms with Crippen molar-refractivity contribution in [1.82, 2.24) is 0 Å². The van der Waals surface area contributed by atoms with Crippen LogP contribution in [0.5, 0.6) is 11.5 Å². The molecule has 24 heavy (non-hydrogen) atoms. The van der Waals surface area contributed by atoms with Crippen LogP contribution in [0.2, 0.25) is 0 Å². The summed E-state index contributed by atoms with van der Waals surface area (Å²) in [6.45, 7) is 0.889. The lowest BCUT2D eigenvalue weighted by Crippen LogP contribution is -2.45. The molecule has 0 bridgehead atoms. The van der Waals surface area contributed by atoms with Gasteiger partial charge >= 0.3 is 0 Å². The Hall–Kier alpha value is -0.120. The van der Waals surface area contributed by atoms with Gasteiger partial charge in [0.25, 0.3) is 12.6 Å². The molecular formula is C16H12Br4O4. The molecule has 128 valence electrons. The summed E-state index contributed by atoms with van der Waals surface area (Å²) in [5.41, 5.74) is 0. The van der Waals surface area contributed by atoms with Crippen LogP contribution in [-0.2, 0) is 9.47 Å². The van der Waals surface area contributed by atoms with E-state index < -0.39 is 12.6 Å². The summed E-state index contributed by atoms with van der Waals surface area (Å²) in [6.07, 6.45) is -1.35. The van der Waals surface area contributed by atoms with Gasteiger partial charge in [-0.05, 0) is 68.3 Å². The normalized spacial score (nSPS) is 20.7. The van der Waals surface area contributed by atoms with Crippen LogP contribution in [0, 0.1) is 0 Å². The van der Waals surface area contributed by atoms with Crippen molar-refractivity contribution in [3.8, 4) is 11.5 Å². The summed E-state index contributed by atoms with van der Waals surface area (Å²) in [6, 6.07) is 11.3. The second-order valence-corrected chi connectivity index (χ2v) is 8.40. The zero-order valence-electron chi connectivity index (χ0n) is 12.2. The molecule has 0 radical (unpaired) electrons. The Labute approximate surface area is 173 Å². The van der Waals surface area contributed by atoms with Gasteiger partial charge in [0.1, 0.15) is 11.5 Å². The van der Waals surface area contributed by atoms with Crippen LogP contribution in [0.3, 0.4) is 0 Å². The van der Waals surface area contributed by atoms with Crippen molar-refractivity contribution in [2.24, 2.45) is 0 Å². The van der Waals surface area contributed by atoms with E-state index in [0.29, 0.717) is 24.7 Å². The highest BCUT2D eigenvalue weighted by atomic mass is 79.9. The molecular weight excluding hydrogens is 576 g/mol. The van der Waals surface area contributed by atoms with Crippen molar-refractivity contribution in [3.63, 3.8) is 0 Å². The zero-order valence-corrected chi connectivity index (χ0v) is 18.5. The molecule has 2 atom stereocenters. The van der Waals surface area contributed by atoms with E-state index in [1.54, 1.807) is 0 Å². The van der Waals surface area contributed by atoms with E-state index in [0.717, 1.165) is 17.9 Å². The van der Waals surface area contributed by atoms with Crippen LogP contribution in [-0.4, -0.2) is 25.8 Å². The fourth-order valence-electron chi connectivity index (χ4n) is 2.06. The highest BCUT2D eigenvalue weighted by Crippen LogP contribution is 2.33. The third-order valence-corrected chi connectivity index (χ3v) is 5.37. The molecule has 1 fully saturated rings. The predicted octanol–water partition coefficient (Wildman–Crippen LogP) is 5.89. The first-order chi connectivity index (χ1) is 11.5. The minimum Gasteiger partial charge on any atom is -0.457 e. The van der Waals surface area contributed by atoms with Crippen molar-refractivity contribution in [3.05, 3.63) is 54.3 Å². The van der Waals surface area contributed by atoms with Crippen LogP contribution in [0.25, 0.3) is 0 Å². The quantitative estimate of drug-likeness (QED) is 0.447. The number of benzene rings is 2. The average Bonchev–Trinajstić information content (AvgIpc) is 2.54. The van der Waals surface area contributed by atoms with Gasteiger partial charge in [-0.1, -0.05) is 31.9 Å². The molecule has 1 heterocycles. The maximum atomic E-state index is 5.93. The molecule has 1 aliphatic heterocycles. The van der Waals surface area contributed by atoms with E-state index in [1.807, 2.05) is 36.4 Å². The Balaban J connectivity index is 1.75. The number of rotatable bonds is 4. The van der Waals surface area contributed by atoms with Crippen molar-refractivity contribution < 1.29 is 18.9 Å². The van der Waals surface area contributed by atoms with E-state index in [9.17, 15) is 0 Å². The fourth-order valence-corrected chi connectivity index (χ4v) is 4.34. The van der Waals surface area contributed by atoms with E-state index in [2.05, 4.69) is 63.7 Å². The molecule has 0 amide bonds. The fraction of sp³-hybridized carbons (Fsp3) is 0.250. The van der Waals surface area contributed by atoms with Gasteiger partial charge in [0.2, 0.25) is 0 Å². The van der Waals surface area contributed by atoms with Crippen molar-refractivity contribution in [2.75, 3.05) is 13.2 Å². The van der Waals surface area contributed by atoms with E-state index in [1.165, 1.54) is 0 Å². The van der Waals surface area contributed by atoms with Crippen LogP contribution >= 0.6 is 63.7 Å². The molecule has 0 N–H and O–H groups in total. The van der Waals surface area contributed by atoms with Crippen LogP contribution in [0.15, 0.2) is 54.3 Å². The maximum absolute atomic E-state index is 5.93. The van der Waals surface area contributed by atoms with E-state index in [4.69, 9.17) is 18.9 Å². The molecule has 0 aromatic heterocycles. The molecule has 3 rings (SSSR count). The minimum atomic E-state index is -0.674. The maximum Gasteiger partial charge on any atom is 0.263 e. The average molecular weight is 588 g/mol. The Bertz CT molecular complexity index is 664. The molecule has 0 spiro atoms. The van der Waals surface area contributed by atoms with Gasteiger partial charge in [-0.2, -0.15) is 0 Å². The molecule has 2 aromatic rings. The molecule has 8 heteroatoms. The van der Waals surface area contributed by atoms with E-state index >= 15 is 0 Å². The van der Waals surface area contributed by atoms with Crippen LogP contribution < -0.4 is 9.47 Å². The van der Waals surface area contributed by atoms with Gasteiger partial charge in [0.05, 0.1) is 22.2 Å². The first-order valence-corrected chi connectivity index (χ1v) is 10.2. The van der Waals surface area contributed by atoms with Crippen molar-refractivity contribution in [2.45, 2.75) is 12.6 Å². The van der Waals surface area contributed by atoms with Crippen LogP contribution in [0.1, 0.15) is 0 Å². The zero-order chi connectivity index (χ0) is 17.1. The lowest BCUT2D eigenvalue weighted by Gasteiger charge is -2.32. The first kappa shape index (κ1) is 18.7. The SMILES string of the molecule is Brc1ccc(O[C@H]2OCCO[C@H]2Oc2ccc(Br)cc2Br)c(Br)c1. The molecule has 1 aliphatic rings. The lowest BCUT2D eigenvalue weighted by molar-refractivity contribution is -0.271. The predicted molar refractivity (Wildman–Crippen MR) is 104 cm³/mol. The van der Waals surface area contributed by atoms with Crippen molar-refractivity contribution >= 4 is 63.7 Å². The highest BCUT2D eigenvalue weighted by molar-refractivity contribution is 9.11. The molecule has 0 saturated carbocycles. The Morgan fingerprint density at radius 3 is 1.50 bits per heavy atom. The van der Waals surface area contributed by atoms with Gasteiger partial charge in [-0.25, -0.2) is 0 Å². The first-order valence-electron chi connectivity index (χ1n) is 6.99. The van der Waals surface area contributed by atoms with Gasteiger partial charge in [0.15, 0.2) is 0 Å². The lowest BCUT2D eigenvalue weighted by atomic mass is 10.3. The van der Waals surface area contributed by atoms with E-state index in [-0.39, 0.29) is 0 Å². The second kappa shape index (κ2) is 8.51. The largest absolute Gasteiger partial charge is 0.457 e. The minimum absolute atomic E-state index is 0.445.